The van der Waals surface area contributed by atoms with Crippen molar-refractivity contribution in [3.8, 4) is 0 Å². The van der Waals surface area contributed by atoms with Crippen LogP contribution >= 0.6 is 0 Å². The highest BCUT2D eigenvalue weighted by Crippen LogP contribution is 2.31. The van der Waals surface area contributed by atoms with E-state index in [1.54, 1.807) is 9.58 Å². The lowest BCUT2D eigenvalue weighted by Crippen LogP contribution is -2.40. The average Bonchev–Trinajstić information content (AvgIpc) is 3.42. The number of hydrogen-bond donors (Lipinski definition) is 1. The average molecular weight is 436 g/mol. The molecule has 0 radical (unpaired) electrons. The molecule has 32 heavy (non-hydrogen) atoms. The largest absolute Gasteiger partial charge is 0.334 e. The van der Waals surface area contributed by atoms with Gasteiger partial charge < -0.3 is 9.88 Å². The third kappa shape index (κ3) is 3.95. The van der Waals surface area contributed by atoms with Crippen molar-refractivity contribution in [3.63, 3.8) is 0 Å². The monoisotopic (exact) mass is 436 g/mol. The number of nitrogens with one attached hydrogen (secondary N) is 1. The van der Waals surface area contributed by atoms with Crippen LogP contribution in [0.1, 0.15) is 51.9 Å². The minimum Gasteiger partial charge on any atom is -0.334 e. The van der Waals surface area contributed by atoms with Crippen LogP contribution in [0.4, 0.5) is 4.39 Å². The van der Waals surface area contributed by atoms with Gasteiger partial charge in [-0.25, -0.2) is 9.37 Å². The molecule has 2 aliphatic heterocycles. The maximum absolute atomic E-state index is 13.2. The van der Waals surface area contributed by atoms with Crippen LogP contribution in [0.5, 0.6) is 0 Å². The second-order valence-corrected chi connectivity index (χ2v) is 8.51. The van der Waals surface area contributed by atoms with E-state index < -0.39 is 0 Å². The molecule has 1 saturated heterocycles. The topological polar surface area (TPSA) is 87.1 Å². The van der Waals surface area contributed by atoms with E-state index >= 15 is 0 Å². The number of nitrogens with zero attached hydrogens (tertiary/aromatic N) is 5. The Bertz CT molecular complexity index is 1200. The second kappa shape index (κ2) is 8.31. The third-order valence-corrected chi connectivity index (χ3v) is 6.29. The summed E-state index contributed by atoms with van der Waals surface area (Å²) in [4.78, 5) is 37.5. The van der Waals surface area contributed by atoms with Gasteiger partial charge in [-0.1, -0.05) is 0 Å². The maximum atomic E-state index is 13.2. The van der Waals surface area contributed by atoms with Gasteiger partial charge in [0, 0.05) is 43.9 Å². The zero-order valence-corrected chi connectivity index (χ0v) is 17.9. The number of benzene rings is 1. The number of aromatic amines is 1. The predicted octanol–water partition coefficient (Wildman–Crippen LogP) is 2.18. The fourth-order valence-electron chi connectivity index (χ4n) is 4.66. The molecule has 1 amide bonds. The first kappa shape index (κ1) is 20.6. The number of amides is 1. The summed E-state index contributed by atoms with van der Waals surface area (Å²) < 4.78 is 15.0. The fourth-order valence-corrected chi connectivity index (χ4v) is 4.66. The number of rotatable bonds is 4. The van der Waals surface area contributed by atoms with Gasteiger partial charge in [0.25, 0.3) is 11.5 Å². The van der Waals surface area contributed by atoms with Crippen molar-refractivity contribution in [2.24, 2.45) is 7.05 Å². The molecule has 8 nitrogen and oxygen atoms in total. The van der Waals surface area contributed by atoms with Crippen LogP contribution in [-0.2, 0) is 26.6 Å². The van der Waals surface area contributed by atoms with Crippen LogP contribution in [0.3, 0.4) is 0 Å². The summed E-state index contributed by atoms with van der Waals surface area (Å²) in [6.45, 7) is 2.39. The summed E-state index contributed by atoms with van der Waals surface area (Å²) in [5.41, 5.74) is 2.66. The Morgan fingerprint density at radius 2 is 2.06 bits per heavy atom. The summed E-state index contributed by atoms with van der Waals surface area (Å²) in [6.07, 6.45) is 6.38. The summed E-state index contributed by atoms with van der Waals surface area (Å²) >= 11 is 0. The first-order valence-electron chi connectivity index (χ1n) is 10.9. The van der Waals surface area contributed by atoms with E-state index in [0.717, 1.165) is 37.2 Å². The molecule has 166 valence electrons. The maximum Gasteiger partial charge on any atom is 0.256 e. The summed E-state index contributed by atoms with van der Waals surface area (Å²) in [7, 11) is 1.90. The number of fused-ring (bicyclic) bond motifs is 1. The lowest BCUT2D eigenvalue weighted by molar-refractivity contribution is 0.0732. The molecule has 2 aromatic heterocycles. The first-order valence-corrected chi connectivity index (χ1v) is 10.9. The van der Waals surface area contributed by atoms with Gasteiger partial charge in [0.2, 0.25) is 0 Å². The molecule has 9 heteroatoms. The van der Waals surface area contributed by atoms with Crippen molar-refractivity contribution >= 4 is 5.91 Å². The van der Waals surface area contributed by atoms with Crippen molar-refractivity contribution < 1.29 is 9.18 Å². The van der Waals surface area contributed by atoms with E-state index in [0.29, 0.717) is 29.9 Å². The molecule has 0 bridgehead atoms. The van der Waals surface area contributed by atoms with Crippen LogP contribution in [0.2, 0.25) is 0 Å². The molecule has 1 N–H and O–H groups in total. The smallest absolute Gasteiger partial charge is 0.256 e. The number of aromatic nitrogens is 4. The van der Waals surface area contributed by atoms with E-state index in [-0.39, 0.29) is 29.9 Å². The highest BCUT2D eigenvalue weighted by molar-refractivity contribution is 5.94. The number of hydrogen-bond acceptors (Lipinski definition) is 5. The fraction of sp³-hybridized carbons (Fsp3) is 0.391. The number of carbonyl (C=O) groups excluding carboxylic acids is 1. The third-order valence-electron chi connectivity index (χ3n) is 6.29. The number of halogens is 1. The van der Waals surface area contributed by atoms with E-state index in [2.05, 4.69) is 15.0 Å². The van der Waals surface area contributed by atoms with Gasteiger partial charge in [0.1, 0.15) is 11.6 Å². The van der Waals surface area contributed by atoms with Gasteiger partial charge in [-0.05, 0) is 43.7 Å². The lowest BCUT2D eigenvalue weighted by Gasteiger charge is -2.29. The van der Waals surface area contributed by atoms with Gasteiger partial charge in [0.15, 0.2) is 0 Å². The Kier molecular flexibility index (Phi) is 5.34. The van der Waals surface area contributed by atoms with Crippen LogP contribution in [0.15, 0.2) is 41.5 Å². The molecule has 2 aliphatic rings. The Labute approximate surface area is 184 Å². The van der Waals surface area contributed by atoms with Crippen molar-refractivity contribution in [2.45, 2.75) is 38.4 Å². The molecule has 4 heterocycles. The minimum atomic E-state index is -0.386. The number of H-pyrrole nitrogens is 1. The molecule has 0 spiro atoms. The number of likely N-dealkylation sites (tertiary alicyclic amines) is 1. The molecule has 5 rings (SSSR count). The summed E-state index contributed by atoms with van der Waals surface area (Å²) in [5.74, 6) is 0.106. The lowest BCUT2D eigenvalue weighted by atomic mass is 10.0. The molecule has 0 saturated carbocycles. The predicted molar refractivity (Wildman–Crippen MR) is 115 cm³/mol. The molecule has 1 atom stereocenters. The van der Waals surface area contributed by atoms with E-state index in [1.807, 2.05) is 19.4 Å². The van der Waals surface area contributed by atoms with Crippen molar-refractivity contribution in [3.05, 3.63) is 81.0 Å². The Hall–Kier alpha value is -3.33. The highest BCUT2D eigenvalue weighted by Gasteiger charge is 2.31. The van der Waals surface area contributed by atoms with Gasteiger partial charge >= 0.3 is 0 Å². The number of aryl methyl sites for hydroxylation is 1. The Balaban J connectivity index is 1.35. The molecular weight excluding hydrogens is 411 g/mol. The molecule has 3 aromatic rings. The second-order valence-electron chi connectivity index (χ2n) is 8.51. The summed E-state index contributed by atoms with van der Waals surface area (Å²) in [6, 6.07) is 5.53. The van der Waals surface area contributed by atoms with Crippen LogP contribution < -0.4 is 5.56 Å². The Morgan fingerprint density at radius 1 is 1.25 bits per heavy atom. The van der Waals surface area contributed by atoms with Crippen molar-refractivity contribution in [1.82, 2.24) is 29.5 Å². The van der Waals surface area contributed by atoms with Crippen LogP contribution in [0.25, 0.3) is 0 Å². The highest BCUT2D eigenvalue weighted by atomic mass is 19.1. The molecule has 0 unspecified atom stereocenters. The minimum absolute atomic E-state index is 0.0621. The molecule has 1 aromatic carbocycles. The van der Waals surface area contributed by atoms with Crippen molar-refractivity contribution in [2.75, 3.05) is 13.1 Å². The van der Waals surface area contributed by atoms with Crippen LogP contribution in [-0.4, -0.2) is 48.5 Å². The van der Waals surface area contributed by atoms with E-state index in [1.165, 1.54) is 24.3 Å². The van der Waals surface area contributed by atoms with Gasteiger partial charge in [-0.15, -0.1) is 0 Å². The van der Waals surface area contributed by atoms with Gasteiger partial charge in [-0.3, -0.25) is 19.2 Å². The van der Waals surface area contributed by atoms with Gasteiger partial charge in [0.05, 0.1) is 30.0 Å². The molecular formula is C23H25FN6O2. The zero-order valence-electron chi connectivity index (χ0n) is 17.9. The normalized spacial score (nSPS) is 18.7. The quantitative estimate of drug-likeness (QED) is 0.678. The SMILES string of the molecule is Cn1cc(CN2CCC[C@H]2c2nc3c(c(=O)[nH]2)CN(C(=O)c2ccc(F)cc2)CC3)cn1. The molecule has 1 fully saturated rings. The first-order chi connectivity index (χ1) is 15.5. The number of carbonyl (C=O) groups is 1. The van der Waals surface area contributed by atoms with Crippen molar-refractivity contribution in [1.29, 1.82) is 0 Å². The summed E-state index contributed by atoms with van der Waals surface area (Å²) in [5, 5.41) is 4.24. The standard InChI is InChI=1S/C23H25FN6O2/c1-28-12-15(11-25-28)13-29-9-2-3-20(29)21-26-19-8-10-30(14-18(19)22(31)27-21)23(32)16-4-6-17(24)7-5-16/h4-7,11-12,20H,2-3,8-10,13-14H2,1H3,(H,26,27,31)/t20-/m0/s1. The van der Waals surface area contributed by atoms with Crippen LogP contribution in [0, 0.1) is 5.82 Å². The zero-order chi connectivity index (χ0) is 22.2. The molecule has 0 aliphatic carbocycles. The van der Waals surface area contributed by atoms with E-state index in [9.17, 15) is 14.0 Å². The van der Waals surface area contributed by atoms with E-state index in [4.69, 9.17) is 4.98 Å². The Morgan fingerprint density at radius 3 is 2.81 bits per heavy atom. The van der Waals surface area contributed by atoms with Gasteiger partial charge in [-0.2, -0.15) is 5.10 Å².